The molecule has 21 heavy (non-hydrogen) atoms. The van der Waals surface area contributed by atoms with Crippen molar-refractivity contribution < 1.29 is 9.59 Å². The monoisotopic (exact) mass is 292 g/mol. The van der Waals surface area contributed by atoms with E-state index in [9.17, 15) is 9.59 Å². The number of carbonyl (C=O) groups is 2. The third-order valence-corrected chi connectivity index (χ3v) is 3.03. The smallest absolute Gasteiger partial charge is 0.269 e. The molecule has 0 aromatic carbocycles. The van der Waals surface area contributed by atoms with Crippen LogP contribution in [0.15, 0.2) is 18.3 Å². The van der Waals surface area contributed by atoms with Crippen LogP contribution >= 0.6 is 0 Å². The molecule has 1 unspecified atom stereocenters. The number of hydrogen-bond acceptors (Lipinski definition) is 4. The number of rotatable bonds is 8. The minimum Gasteiger partial charge on any atom is -0.385 e. The second-order valence-corrected chi connectivity index (χ2v) is 4.84. The van der Waals surface area contributed by atoms with Crippen molar-refractivity contribution in [3.63, 3.8) is 0 Å². The van der Waals surface area contributed by atoms with Crippen LogP contribution in [0, 0.1) is 0 Å². The molecule has 2 amide bonds. The third kappa shape index (κ3) is 6.25. The fourth-order valence-corrected chi connectivity index (χ4v) is 1.70. The Kier molecular flexibility index (Phi) is 7.21. The summed E-state index contributed by atoms with van der Waals surface area (Å²) in [4.78, 5) is 27.5. The van der Waals surface area contributed by atoms with Crippen LogP contribution in [0.1, 0.15) is 44.1 Å². The Balaban J connectivity index is 2.40. The topological polar surface area (TPSA) is 83.1 Å². The number of anilines is 1. The predicted octanol–water partition coefficient (Wildman–Crippen LogP) is 1.55. The zero-order valence-electron chi connectivity index (χ0n) is 12.9. The lowest BCUT2D eigenvalue weighted by molar-refractivity contribution is -0.121. The molecular formula is C15H24N4O2. The van der Waals surface area contributed by atoms with Crippen molar-refractivity contribution in [3.05, 3.63) is 24.0 Å². The summed E-state index contributed by atoms with van der Waals surface area (Å²) in [6.45, 7) is 7.02. The highest BCUT2D eigenvalue weighted by atomic mass is 16.2. The summed E-state index contributed by atoms with van der Waals surface area (Å²) in [7, 11) is 0. The summed E-state index contributed by atoms with van der Waals surface area (Å²) in [5.41, 5.74) is 1.20. The maximum Gasteiger partial charge on any atom is 0.269 e. The van der Waals surface area contributed by atoms with E-state index in [1.165, 1.54) is 0 Å². The molecule has 0 saturated heterocycles. The number of nitrogens with one attached hydrogen (secondary N) is 3. The molecule has 0 spiro atoms. The van der Waals surface area contributed by atoms with Crippen LogP contribution in [0.25, 0.3) is 0 Å². The van der Waals surface area contributed by atoms with E-state index in [0.29, 0.717) is 12.2 Å². The number of nitrogens with zero attached hydrogens (tertiary/aromatic N) is 1. The molecule has 1 atom stereocenters. The molecule has 0 aliphatic heterocycles. The van der Waals surface area contributed by atoms with Crippen molar-refractivity contribution in [2.24, 2.45) is 0 Å². The lowest BCUT2D eigenvalue weighted by Crippen LogP contribution is -2.35. The van der Waals surface area contributed by atoms with E-state index in [0.717, 1.165) is 18.7 Å². The Bertz CT molecular complexity index is 476. The van der Waals surface area contributed by atoms with Gasteiger partial charge in [0, 0.05) is 37.4 Å². The van der Waals surface area contributed by atoms with Gasteiger partial charge < -0.3 is 16.0 Å². The van der Waals surface area contributed by atoms with E-state index in [-0.39, 0.29) is 24.3 Å². The zero-order valence-corrected chi connectivity index (χ0v) is 12.9. The number of carbonyl (C=O) groups excluding carboxylic acids is 2. The Hall–Kier alpha value is -2.11. The lowest BCUT2D eigenvalue weighted by atomic mass is 10.2. The van der Waals surface area contributed by atoms with Gasteiger partial charge in [0.1, 0.15) is 5.69 Å². The van der Waals surface area contributed by atoms with Crippen LogP contribution < -0.4 is 16.0 Å². The highest BCUT2D eigenvalue weighted by Crippen LogP contribution is 2.07. The number of aromatic nitrogens is 1. The molecule has 1 aromatic rings. The molecule has 1 rings (SSSR count). The fourth-order valence-electron chi connectivity index (χ4n) is 1.70. The van der Waals surface area contributed by atoms with Gasteiger partial charge in [-0.15, -0.1) is 0 Å². The Morgan fingerprint density at radius 3 is 2.76 bits per heavy atom. The van der Waals surface area contributed by atoms with Crippen LogP contribution in [0.5, 0.6) is 0 Å². The van der Waals surface area contributed by atoms with Gasteiger partial charge in [-0.25, -0.2) is 0 Å². The molecule has 0 aliphatic carbocycles. The summed E-state index contributed by atoms with van der Waals surface area (Å²) < 4.78 is 0. The molecule has 1 aromatic heterocycles. The standard InChI is InChI=1S/C15H24N4O2/c1-4-11(3)19-14(20)7-9-18-15(21)13-10-12(16-5-2)6-8-17-13/h6,8,10-11H,4-5,7,9H2,1-3H3,(H,16,17)(H,18,21)(H,19,20). The van der Waals surface area contributed by atoms with Gasteiger partial charge in [0.25, 0.3) is 5.91 Å². The summed E-state index contributed by atoms with van der Waals surface area (Å²) >= 11 is 0. The van der Waals surface area contributed by atoms with Crippen molar-refractivity contribution >= 4 is 17.5 Å². The average molecular weight is 292 g/mol. The van der Waals surface area contributed by atoms with Crippen LogP contribution in [-0.2, 0) is 4.79 Å². The van der Waals surface area contributed by atoms with Gasteiger partial charge in [0.05, 0.1) is 0 Å². The summed E-state index contributed by atoms with van der Waals surface area (Å²) in [5, 5.41) is 8.67. The molecule has 116 valence electrons. The van der Waals surface area contributed by atoms with Crippen LogP contribution in [0.2, 0.25) is 0 Å². The second kappa shape index (κ2) is 8.94. The van der Waals surface area contributed by atoms with Gasteiger partial charge >= 0.3 is 0 Å². The largest absolute Gasteiger partial charge is 0.385 e. The summed E-state index contributed by atoms with van der Waals surface area (Å²) in [5.74, 6) is -0.329. The highest BCUT2D eigenvalue weighted by Gasteiger charge is 2.09. The Morgan fingerprint density at radius 2 is 2.10 bits per heavy atom. The van der Waals surface area contributed by atoms with E-state index < -0.39 is 0 Å². The quantitative estimate of drug-likeness (QED) is 0.679. The van der Waals surface area contributed by atoms with Crippen LogP contribution in [0.4, 0.5) is 5.69 Å². The SMILES string of the molecule is CCNc1ccnc(C(=O)NCCC(=O)NC(C)CC)c1. The van der Waals surface area contributed by atoms with Crippen molar-refractivity contribution in [3.8, 4) is 0 Å². The normalized spacial score (nSPS) is 11.6. The zero-order chi connectivity index (χ0) is 15.7. The molecule has 1 heterocycles. The average Bonchev–Trinajstić information content (AvgIpc) is 2.47. The van der Waals surface area contributed by atoms with Gasteiger partial charge in [0.15, 0.2) is 0 Å². The van der Waals surface area contributed by atoms with Gasteiger partial charge in [-0.1, -0.05) is 6.92 Å². The van der Waals surface area contributed by atoms with Gasteiger partial charge in [0.2, 0.25) is 5.91 Å². The van der Waals surface area contributed by atoms with Gasteiger partial charge in [-0.05, 0) is 32.4 Å². The third-order valence-electron chi connectivity index (χ3n) is 3.03. The molecule has 0 aliphatic rings. The molecule has 0 radical (unpaired) electrons. The van der Waals surface area contributed by atoms with E-state index in [4.69, 9.17) is 0 Å². The highest BCUT2D eigenvalue weighted by molar-refractivity contribution is 5.93. The van der Waals surface area contributed by atoms with Crippen LogP contribution in [-0.4, -0.2) is 35.9 Å². The van der Waals surface area contributed by atoms with Gasteiger partial charge in [-0.3, -0.25) is 14.6 Å². The Labute approximate surface area is 125 Å². The van der Waals surface area contributed by atoms with Gasteiger partial charge in [-0.2, -0.15) is 0 Å². The molecule has 3 N–H and O–H groups in total. The first-order valence-electron chi connectivity index (χ1n) is 7.34. The Morgan fingerprint density at radius 1 is 1.33 bits per heavy atom. The van der Waals surface area contributed by atoms with E-state index in [2.05, 4.69) is 20.9 Å². The first kappa shape index (κ1) is 16.9. The maximum absolute atomic E-state index is 11.9. The van der Waals surface area contributed by atoms with E-state index in [1.54, 1.807) is 18.3 Å². The van der Waals surface area contributed by atoms with Crippen molar-refractivity contribution in [2.45, 2.75) is 39.7 Å². The van der Waals surface area contributed by atoms with E-state index in [1.807, 2.05) is 20.8 Å². The second-order valence-electron chi connectivity index (χ2n) is 4.84. The van der Waals surface area contributed by atoms with Crippen LogP contribution in [0.3, 0.4) is 0 Å². The molecule has 0 bridgehead atoms. The van der Waals surface area contributed by atoms with Crippen molar-refractivity contribution in [1.82, 2.24) is 15.6 Å². The summed E-state index contributed by atoms with van der Waals surface area (Å²) in [6, 6.07) is 3.66. The molecule has 0 saturated carbocycles. The van der Waals surface area contributed by atoms with E-state index >= 15 is 0 Å². The summed E-state index contributed by atoms with van der Waals surface area (Å²) in [6.07, 6.45) is 2.74. The minimum absolute atomic E-state index is 0.0565. The first-order valence-corrected chi connectivity index (χ1v) is 7.34. The number of amides is 2. The molecular weight excluding hydrogens is 268 g/mol. The molecule has 6 heteroatoms. The fraction of sp³-hybridized carbons (Fsp3) is 0.533. The first-order chi connectivity index (χ1) is 10.1. The number of hydrogen-bond donors (Lipinski definition) is 3. The van der Waals surface area contributed by atoms with Crippen molar-refractivity contribution in [2.75, 3.05) is 18.4 Å². The molecule has 0 fully saturated rings. The number of pyridine rings is 1. The molecule has 6 nitrogen and oxygen atoms in total. The van der Waals surface area contributed by atoms with Crippen molar-refractivity contribution in [1.29, 1.82) is 0 Å². The maximum atomic E-state index is 11.9. The lowest BCUT2D eigenvalue weighted by Gasteiger charge is -2.11. The minimum atomic E-state index is -0.272. The predicted molar refractivity (Wildman–Crippen MR) is 83.2 cm³/mol.